The van der Waals surface area contributed by atoms with E-state index < -0.39 is 60.3 Å². The molecule has 2 atom stereocenters. The lowest BCUT2D eigenvalue weighted by atomic mass is 9.72. The fourth-order valence-corrected chi connectivity index (χ4v) is 4.37. The quantitative estimate of drug-likeness (QED) is 0.285. The van der Waals surface area contributed by atoms with Gasteiger partial charge in [-0.1, -0.05) is 12.1 Å². The molecule has 1 aromatic carbocycles. The molecule has 0 aliphatic carbocycles. The molecule has 4 N–H and O–H groups in total. The summed E-state index contributed by atoms with van der Waals surface area (Å²) in [5, 5.41) is 24.6. The molecule has 1 unspecified atom stereocenters. The molecule has 0 spiro atoms. The number of amides is 5. The van der Waals surface area contributed by atoms with E-state index in [2.05, 4.69) is 15.6 Å². The number of hydrogen-bond donors (Lipinski definition) is 4. The Morgan fingerprint density at radius 2 is 2.00 bits per heavy atom. The standard InChI is InChI=1S/C24H25BFN5O8/c1-3-30-7-8-31(22(34)21(30)33)24(37)29-18(17-15(26)9-12(2)11-27-17)20(32)28-16-10-13-5-4-6-14(23(35)36)19(13)39-25(16)38/h4-6,9,11,16,18,38H,3,7-8,10H2,1-2H3,(H,28,32)(H,29,37)(H,35,36)/t16-,18?/m0/s1. The molecular formula is C24H25BFN5O8. The van der Waals surface area contributed by atoms with Crippen LogP contribution in [0.5, 0.6) is 5.75 Å². The van der Waals surface area contributed by atoms with Crippen molar-refractivity contribution >= 4 is 36.8 Å². The maximum atomic E-state index is 14.9. The Labute approximate surface area is 222 Å². The van der Waals surface area contributed by atoms with Crippen LogP contribution in [-0.4, -0.2) is 87.3 Å². The zero-order valence-corrected chi connectivity index (χ0v) is 21.0. The Balaban J connectivity index is 1.58. The summed E-state index contributed by atoms with van der Waals surface area (Å²) in [4.78, 5) is 68.4. The first-order chi connectivity index (χ1) is 18.5. The van der Waals surface area contributed by atoms with Gasteiger partial charge in [0.25, 0.3) is 0 Å². The Morgan fingerprint density at radius 1 is 1.26 bits per heavy atom. The molecule has 0 bridgehead atoms. The van der Waals surface area contributed by atoms with Crippen LogP contribution in [0.3, 0.4) is 0 Å². The number of aromatic nitrogens is 1. The number of benzene rings is 1. The normalized spacial score (nSPS) is 17.7. The van der Waals surface area contributed by atoms with Crippen molar-refractivity contribution < 1.29 is 43.1 Å². The average molecular weight is 541 g/mol. The average Bonchev–Trinajstić information content (AvgIpc) is 2.89. The number of carbonyl (C=O) groups is 5. The van der Waals surface area contributed by atoms with Gasteiger partial charge in [0.05, 0.1) is 11.5 Å². The number of carbonyl (C=O) groups excluding carboxylic acids is 4. The number of para-hydroxylation sites is 1. The number of nitrogens with one attached hydrogen (secondary N) is 2. The van der Waals surface area contributed by atoms with E-state index in [-0.39, 0.29) is 37.4 Å². The molecule has 1 fully saturated rings. The molecule has 39 heavy (non-hydrogen) atoms. The fourth-order valence-electron chi connectivity index (χ4n) is 4.37. The van der Waals surface area contributed by atoms with E-state index in [1.165, 1.54) is 23.2 Å². The van der Waals surface area contributed by atoms with Crippen molar-refractivity contribution in [3.05, 3.63) is 58.7 Å². The Hall–Kier alpha value is -4.53. The maximum Gasteiger partial charge on any atom is 0.547 e. The number of aromatic carboxylic acids is 1. The molecule has 5 amide bonds. The first-order valence-corrected chi connectivity index (χ1v) is 12.0. The van der Waals surface area contributed by atoms with Gasteiger partial charge < -0.3 is 30.3 Å². The SMILES string of the molecule is CCN1CCN(C(=O)NC(C(=O)N[C@H]2Cc3cccc(C(=O)O)c3OB2O)c2ncc(C)cc2F)C(=O)C1=O. The molecule has 204 valence electrons. The predicted octanol–water partition coefficient (Wildman–Crippen LogP) is -0.192. The Morgan fingerprint density at radius 3 is 2.67 bits per heavy atom. The first kappa shape index (κ1) is 27.5. The van der Waals surface area contributed by atoms with Crippen molar-refractivity contribution in [3.63, 3.8) is 0 Å². The monoisotopic (exact) mass is 541 g/mol. The van der Waals surface area contributed by atoms with Crippen LogP contribution in [0.2, 0.25) is 0 Å². The lowest BCUT2D eigenvalue weighted by Gasteiger charge is -2.33. The molecule has 15 heteroatoms. The summed E-state index contributed by atoms with van der Waals surface area (Å²) in [6.45, 7) is 3.47. The lowest BCUT2D eigenvalue weighted by Crippen LogP contribution is -2.60. The molecule has 4 rings (SSSR count). The molecule has 3 heterocycles. The molecule has 2 aliphatic rings. The van der Waals surface area contributed by atoms with Gasteiger partial charge in [0.2, 0.25) is 5.91 Å². The van der Waals surface area contributed by atoms with Gasteiger partial charge in [0, 0.05) is 25.8 Å². The minimum absolute atomic E-state index is 0.0419. The van der Waals surface area contributed by atoms with Crippen molar-refractivity contribution in [2.24, 2.45) is 0 Å². The van der Waals surface area contributed by atoms with E-state index in [0.29, 0.717) is 16.0 Å². The van der Waals surface area contributed by atoms with E-state index in [4.69, 9.17) is 4.65 Å². The van der Waals surface area contributed by atoms with Crippen molar-refractivity contribution in [3.8, 4) is 5.75 Å². The van der Waals surface area contributed by atoms with Gasteiger partial charge in [-0.15, -0.1) is 0 Å². The predicted molar refractivity (Wildman–Crippen MR) is 132 cm³/mol. The summed E-state index contributed by atoms with van der Waals surface area (Å²) in [6.07, 6.45) is 1.24. The third-order valence-corrected chi connectivity index (χ3v) is 6.42. The number of fused-ring (bicyclic) bond motifs is 1. The number of imide groups is 1. The van der Waals surface area contributed by atoms with Gasteiger partial charge in [-0.2, -0.15) is 0 Å². The highest BCUT2D eigenvalue weighted by Gasteiger charge is 2.41. The van der Waals surface area contributed by atoms with Crippen LogP contribution in [-0.2, 0) is 20.8 Å². The molecule has 1 saturated heterocycles. The minimum Gasteiger partial charge on any atom is -0.534 e. The smallest absolute Gasteiger partial charge is 0.534 e. The molecule has 2 aromatic rings. The largest absolute Gasteiger partial charge is 0.547 e. The summed E-state index contributed by atoms with van der Waals surface area (Å²) >= 11 is 0. The highest BCUT2D eigenvalue weighted by atomic mass is 19.1. The van der Waals surface area contributed by atoms with Gasteiger partial charge in [-0.05, 0) is 43.5 Å². The van der Waals surface area contributed by atoms with E-state index in [0.717, 1.165) is 6.07 Å². The van der Waals surface area contributed by atoms with E-state index >= 15 is 0 Å². The van der Waals surface area contributed by atoms with Gasteiger partial charge in [-0.25, -0.2) is 14.0 Å². The summed E-state index contributed by atoms with van der Waals surface area (Å²) in [7, 11) is -1.67. The number of rotatable bonds is 6. The topological polar surface area (TPSA) is 178 Å². The van der Waals surface area contributed by atoms with Crippen LogP contribution in [0.25, 0.3) is 0 Å². The third kappa shape index (κ3) is 5.52. The van der Waals surface area contributed by atoms with E-state index in [1.54, 1.807) is 19.9 Å². The van der Waals surface area contributed by atoms with E-state index in [1.807, 2.05) is 0 Å². The number of carboxylic acid groups (broad SMARTS) is 1. The van der Waals surface area contributed by atoms with Crippen molar-refractivity contribution in [2.75, 3.05) is 19.6 Å². The number of halogens is 1. The summed E-state index contributed by atoms with van der Waals surface area (Å²) in [6, 6.07) is 2.58. The number of pyridine rings is 1. The van der Waals surface area contributed by atoms with Crippen molar-refractivity contribution in [2.45, 2.75) is 32.3 Å². The molecule has 0 radical (unpaired) electrons. The molecular weight excluding hydrogens is 516 g/mol. The number of hydrogen-bond acceptors (Lipinski definition) is 8. The Bertz CT molecular complexity index is 1360. The number of nitrogens with zero attached hydrogens (tertiary/aromatic N) is 3. The molecule has 13 nitrogen and oxygen atoms in total. The van der Waals surface area contributed by atoms with Crippen LogP contribution >= 0.6 is 0 Å². The van der Waals surface area contributed by atoms with Crippen LogP contribution in [0.15, 0.2) is 30.5 Å². The number of aryl methyl sites for hydroxylation is 1. The number of carboxylic acids is 1. The fraction of sp³-hybridized carbons (Fsp3) is 0.333. The van der Waals surface area contributed by atoms with Crippen LogP contribution in [0.1, 0.15) is 40.1 Å². The summed E-state index contributed by atoms with van der Waals surface area (Å²) < 4.78 is 20.3. The highest BCUT2D eigenvalue weighted by Crippen LogP contribution is 2.30. The third-order valence-electron chi connectivity index (χ3n) is 6.42. The first-order valence-electron chi connectivity index (χ1n) is 12.0. The lowest BCUT2D eigenvalue weighted by molar-refractivity contribution is -0.153. The summed E-state index contributed by atoms with van der Waals surface area (Å²) in [5.74, 6) is -6.31. The summed E-state index contributed by atoms with van der Waals surface area (Å²) in [5.41, 5.74) is 0.204. The minimum atomic E-state index is -1.76. The van der Waals surface area contributed by atoms with Gasteiger partial charge in [0.1, 0.15) is 17.3 Å². The second-order valence-corrected chi connectivity index (χ2v) is 9.03. The molecule has 2 aliphatic heterocycles. The van der Waals surface area contributed by atoms with Crippen molar-refractivity contribution in [1.82, 2.24) is 25.4 Å². The molecule has 0 saturated carbocycles. The van der Waals surface area contributed by atoms with Crippen molar-refractivity contribution in [1.29, 1.82) is 0 Å². The highest BCUT2D eigenvalue weighted by molar-refractivity contribution is 6.47. The maximum absolute atomic E-state index is 14.9. The van der Waals surface area contributed by atoms with Gasteiger partial charge in [0.15, 0.2) is 6.04 Å². The second-order valence-electron chi connectivity index (χ2n) is 9.03. The van der Waals surface area contributed by atoms with Gasteiger partial charge >= 0.3 is 30.9 Å². The number of urea groups is 1. The zero-order chi connectivity index (χ0) is 28.4. The van der Waals surface area contributed by atoms with Crippen LogP contribution in [0, 0.1) is 12.7 Å². The zero-order valence-electron chi connectivity index (χ0n) is 21.0. The van der Waals surface area contributed by atoms with Gasteiger partial charge in [-0.3, -0.25) is 24.3 Å². The Kier molecular flexibility index (Phi) is 7.81. The number of likely N-dealkylation sites (N-methyl/N-ethyl adjacent to an activating group) is 1. The van der Waals surface area contributed by atoms with E-state index in [9.17, 15) is 38.5 Å². The van der Waals surface area contributed by atoms with Crippen LogP contribution < -0.4 is 15.3 Å². The molecule has 1 aromatic heterocycles. The number of piperazine rings is 1. The van der Waals surface area contributed by atoms with Crippen LogP contribution in [0.4, 0.5) is 9.18 Å². The second kappa shape index (κ2) is 11.1.